The van der Waals surface area contributed by atoms with E-state index in [-0.39, 0.29) is 11.9 Å². The van der Waals surface area contributed by atoms with Crippen molar-refractivity contribution in [1.82, 2.24) is 5.32 Å². The maximum Gasteiger partial charge on any atom is 0.220 e. The predicted octanol–water partition coefficient (Wildman–Crippen LogP) is 2.20. The number of rotatable bonds is 9. The second kappa shape index (κ2) is 7.66. The second-order valence-electron chi connectivity index (χ2n) is 4.97. The normalized spacial score (nSPS) is 17.1. The van der Waals surface area contributed by atoms with Gasteiger partial charge in [-0.1, -0.05) is 32.6 Å². The lowest BCUT2D eigenvalue weighted by molar-refractivity contribution is -0.121. The molecule has 16 heavy (non-hydrogen) atoms. The molecule has 1 fully saturated rings. The molecule has 1 atom stereocenters. The highest BCUT2D eigenvalue weighted by Gasteiger charge is 2.28. The molecule has 1 saturated carbocycles. The SMILES string of the molecule is CCCCCCCC(=O)NCC(N)C1CC1. The van der Waals surface area contributed by atoms with Crippen molar-refractivity contribution in [2.75, 3.05) is 6.54 Å². The molecule has 1 rings (SSSR count). The van der Waals surface area contributed by atoms with Crippen molar-refractivity contribution in [1.29, 1.82) is 0 Å². The minimum absolute atomic E-state index is 0.174. The predicted molar refractivity (Wildman–Crippen MR) is 67.1 cm³/mol. The number of carbonyl (C=O) groups excluding carboxylic acids is 1. The highest BCUT2D eigenvalue weighted by atomic mass is 16.1. The molecule has 0 aliphatic heterocycles. The first-order chi connectivity index (χ1) is 7.74. The van der Waals surface area contributed by atoms with Crippen LogP contribution in [0.3, 0.4) is 0 Å². The lowest BCUT2D eigenvalue weighted by Gasteiger charge is -2.11. The van der Waals surface area contributed by atoms with Crippen LogP contribution < -0.4 is 11.1 Å². The van der Waals surface area contributed by atoms with E-state index in [1.165, 1.54) is 38.5 Å². The Morgan fingerprint density at radius 1 is 1.31 bits per heavy atom. The van der Waals surface area contributed by atoms with Crippen LogP contribution in [-0.4, -0.2) is 18.5 Å². The summed E-state index contributed by atoms with van der Waals surface area (Å²) in [5, 5.41) is 2.93. The Hall–Kier alpha value is -0.570. The zero-order valence-electron chi connectivity index (χ0n) is 10.5. The first kappa shape index (κ1) is 13.5. The summed E-state index contributed by atoms with van der Waals surface area (Å²) in [7, 11) is 0. The molecule has 1 aliphatic carbocycles. The van der Waals surface area contributed by atoms with Crippen LogP contribution in [0.1, 0.15) is 58.3 Å². The molecule has 0 heterocycles. The number of nitrogens with two attached hydrogens (primary N) is 1. The van der Waals surface area contributed by atoms with E-state index in [2.05, 4.69) is 12.2 Å². The van der Waals surface area contributed by atoms with Crippen LogP contribution in [-0.2, 0) is 4.79 Å². The van der Waals surface area contributed by atoms with Gasteiger partial charge >= 0.3 is 0 Å². The van der Waals surface area contributed by atoms with E-state index in [4.69, 9.17) is 5.73 Å². The molecule has 1 unspecified atom stereocenters. The number of carbonyl (C=O) groups is 1. The van der Waals surface area contributed by atoms with Gasteiger partial charge in [0.1, 0.15) is 0 Å². The van der Waals surface area contributed by atoms with Gasteiger partial charge in [-0.25, -0.2) is 0 Å². The van der Waals surface area contributed by atoms with E-state index in [9.17, 15) is 4.79 Å². The lowest BCUT2D eigenvalue weighted by Crippen LogP contribution is -2.38. The Labute approximate surface area is 99.2 Å². The fourth-order valence-corrected chi connectivity index (χ4v) is 1.90. The van der Waals surface area contributed by atoms with Gasteiger partial charge in [0.25, 0.3) is 0 Å². The second-order valence-corrected chi connectivity index (χ2v) is 4.97. The van der Waals surface area contributed by atoms with Crippen LogP contribution in [0.5, 0.6) is 0 Å². The van der Waals surface area contributed by atoms with Crippen molar-refractivity contribution in [3.05, 3.63) is 0 Å². The van der Waals surface area contributed by atoms with Gasteiger partial charge in [0.2, 0.25) is 5.91 Å². The fourth-order valence-electron chi connectivity index (χ4n) is 1.90. The molecular weight excluding hydrogens is 200 g/mol. The molecule has 3 nitrogen and oxygen atoms in total. The number of amides is 1. The molecule has 0 bridgehead atoms. The maximum atomic E-state index is 11.5. The van der Waals surface area contributed by atoms with Crippen molar-refractivity contribution < 1.29 is 4.79 Å². The number of hydrogen-bond donors (Lipinski definition) is 2. The summed E-state index contributed by atoms with van der Waals surface area (Å²) < 4.78 is 0. The van der Waals surface area contributed by atoms with Crippen molar-refractivity contribution in [2.24, 2.45) is 11.7 Å². The molecule has 1 aliphatic rings. The van der Waals surface area contributed by atoms with Gasteiger partial charge in [0.15, 0.2) is 0 Å². The monoisotopic (exact) mass is 226 g/mol. The third-order valence-corrected chi connectivity index (χ3v) is 3.27. The zero-order chi connectivity index (χ0) is 11.8. The summed E-state index contributed by atoms with van der Waals surface area (Å²) in [6, 6.07) is 0.184. The Kier molecular flexibility index (Phi) is 6.46. The molecule has 3 heteroatoms. The average molecular weight is 226 g/mol. The third kappa shape index (κ3) is 6.11. The van der Waals surface area contributed by atoms with Gasteiger partial charge in [-0.3, -0.25) is 4.79 Å². The first-order valence-electron chi connectivity index (χ1n) is 6.76. The lowest BCUT2D eigenvalue weighted by atomic mass is 10.1. The van der Waals surface area contributed by atoms with Crippen LogP contribution in [0.15, 0.2) is 0 Å². The summed E-state index contributed by atoms with van der Waals surface area (Å²) in [4.78, 5) is 11.5. The molecule has 94 valence electrons. The van der Waals surface area contributed by atoms with Gasteiger partial charge < -0.3 is 11.1 Å². The highest BCUT2D eigenvalue weighted by Crippen LogP contribution is 2.31. The van der Waals surface area contributed by atoms with Crippen molar-refractivity contribution in [3.8, 4) is 0 Å². The van der Waals surface area contributed by atoms with Gasteiger partial charge in [0.05, 0.1) is 0 Å². The first-order valence-corrected chi connectivity index (χ1v) is 6.76. The highest BCUT2D eigenvalue weighted by molar-refractivity contribution is 5.75. The summed E-state index contributed by atoms with van der Waals surface area (Å²) in [6.07, 6.45) is 9.14. The molecule has 3 N–H and O–H groups in total. The average Bonchev–Trinajstić information content (AvgIpc) is 3.09. The molecular formula is C13H26N2O. The van der Waals surface area contributed by atoms with Crippen LogP contribution in [0.25, 0.3) is 0 Å². The molecule has 0 aromatic rings. The van der Waals surface area contributed by atoms with Crippen LogP contribution in [0, 0.1) is 5.92 Å². The molecule has 0 spiro atoms. The van der Waals surface area contributed by atoms with Crippen LogP contribution >= 0.6 is 0 Å². The largest absolute Gasteiger partial charge is 0.355 e. The summed E-state index contributed by atoms with van der Waals surface area (Å²) in [6.45, 7) is 2.87. The maximum absolute atomic E-state index is 11.5. The Bertz CT molecular complexity index is 202. The molecule has 0 aromatic carbocycles. The van der Waals surface area contributed by atoms with Crippen molar-refractivity contribution in [2.45, 2.75) is 64.3 Å². The van der Waals surface area contributed by atoms with Gasteiger partial charge in [-0.15, -0.1) is 0 Å². The van der Waals surface area contributed by atoms with Crippen molar-refractivity contribution >= 4 is 5.91 Å². The van der Waals surface area contributed by atoms with E-state index < -0.39 is 0 Å². The Morgan fingerprint density at radius 2 is 2.00 bits per heavy atom. The standard InChI is InChI=1S/C13H26N2O/c1-2-3-4-5-6-7-13(16)15-10-12(14)11-8-9-11/h11-12H,2-10,14H2,1H3,(H,15,16). The van der Waals surface area contributed by atoms with E-state index in [1.807, 2.05) is 0 Å². The molecule has 1 amide bonds. The minimum atomic E-state index is 0.174. The van der Waals surface area contributed by atoms with Crippen LogP contribution in [0.4, 0.5) is 0 Å². The number of hydrogen-bond acceptors (Lipinski definition) is 2. The van der Waals surface area contributed by atoms with Crippen LogP contribution in [0.2, 0.25) is 0 Å². The van der Waals surface area contributed by atoms with Gasteiger partial charge in [-0.2, -0.15) is 0 Å². The van der Waals surface area contributed by atoms with Gasteiger partial charge in [-0.05, 0) is 25.2 Å². The van der Waals surface area contributed by atoms with E-state index in [1.54, 1.807) is 0 Å². The summed E-state index contributed by atoms with van der Waals surface area (Å²) in [5.41, 5.74) is 5.91. The number of nitrogens with one attached hydrogen (secondary N) is 1. The van der Waals surface area contributed by atoms with Crippen molar-refractivity contribution in [3.63, 3.8) is 0 Å². The topological polar surface area (TPSA) is 55.1 Å². The zero-order valence-corrected chi connectivity index (χ0v) is 10.5. The molecule has 0 aromatic heterocycles. The quantitative estimate of drug-likeness (QED) is 0.592. The van der Waals surface area contributed by atoms with Gasteiger partial charge in [0, 0.05) is 19.0 Å². The fraction of sp³-hybridized carbons (Fsp3) is 0.923. The summed E-state index contributed by atoms with van der Waals surface area (Å²) >= 11 is 0. The summed E-state index contributed by atoms with van der Waals surface area (Å²) in [5.74, 6) is 0.845. The van der Waals surface area contributed by atoms with E-state index in [0.717, 1.165) is 6.42 Å². The molecule has 0 saturated heterocycles. The Balaban J connectivity index is 1.89. The molecule has 0 radical (unpaired) electrons. The minimum Gasteiger partial charge on any atom is -0.355 e. The van der Waals surface area contributed by atoms with E-state index >= 15 is 0 Å². The van der Waals surface area contributed by atoms with E-state index in [0.29, 0.717) is 18.9 Å². The number of unbranched alkanes of at least 4 members (excludes halogenated alkanes) is 4. The smallest absolute Gasteiger partial charge is 0.220 e. The third-order valence-electron chi connectivity index (χ3n) is 3.27. The Morgan fingerprint density at radius 3 is 2.62 bits per heavy atom.